The van der Waals surface area contributed by atoms with Crippen LogP contribution in [0.3, 0.4) is 0 Å². The third-order valence-corrected chi connectivity index (χ3v) is 2.87. The molecule has 0 rings (SSSR count). The largest absolute Gasteiger partial charge is 0.448 e. The molecule has 0 saturated carbocycles. The Morgan fingerprint density at radius 3 is 2.50 bits per heavy atom. The van der Waals surface area contributed by atoms with Crippen molar-refractivity contribution in [2.24, 2.45) is 10.9 Å². The molecule has 1 unspecified atom stereocenters. The van der Waals surface area contributed by atoms with Gasteiger partial charge in [0.05, 0.1) is 0 Å². The van der Waals surface area contributed by atoms with Gasteiger partial charge in [0.2, 0.25) is 10.0 Å². The number of carbonyl (C=O) groups excluding carboxylic acids is 1. The van der Waals surface area contributed by atoms with E-state index in [-0.39, 0.29) is 13.0 Å². The summed E-state index contributed by atoms with van der Waals surface area (Å²) in [5.74, 6) is 0. The molecule has 0 spiro atoms. The summed E-state index contributed by atoms with van der Waals surface area (Å²) in [6.45, 7) is 3.12. The van der Waals surface area contributed by atoms with Crippen molar-refractivity contribution < 1.29 is 17.9 Å². The maximum absolute atomic E-state index is 11.0. The average molecular weight is 222 g/mol. The van der Waals surface area contributed by atoms with Crippen molar-refractivity contribution >= 4 is 16.1 Å². The quantitative estimate of drug-likeness (QED) is 0.601. The van der Waals surface area contributed by atoms with Crippen LogP contribution in [0.4, 0.5) is 4.79 Å². The zero-order chi connectivity index (χ0) is 11.2. The van der Waals surface area contributed by atoms with E-state index in [0.717, 1.165) is 0 Å². The van der Waals surface area contributed by atoms with Gasteiger partial charge in [-0.05, 0) is 12.8 Å². The van der Waals surface area contributed by atoms with Crippen LogP contribution < -0.4 is 10.9 Å². The van der Waals surface area contributed by atoms with Crippen LogP contribution in [-0.2, 0) is 14.8 Å². The molecule has 0 radical (unpaired) electrons. The molecule has 82 valence electrons. The fourth-order valence-corrected chi connectivity index (χ4v) is 1.54. The number of hydrogen-bond donors (Lipinski definition) is 2. The molecule has 0 saturated heterocycles. The van der Waals surface area contributed by atoms with Crippen LogP contribution in [-0.4, -0.2) is 26.4 Å². The minimum atomic E-state index is -3.71. The van der Waals surface area contributed by atoms with Gasteiger partial charge in [0.25, 0.3) is 0 Å². The minimum Gasteiger partial charge on any atom is -0.448 e. The van der Waals surface area contributed by atoms with Gasteiger partial charge < -0.3 is 10.5 Å². The highest BCUT2D eigenvalue weighted by atomic mass is 32.2. The molecule has 0 aromatic heterocycles. The molecule has 1 amide bonds. The number of amides is 1. The first-order chi connectivity index (χ1) is 6.38. The number of primary amides is 1. The van der Waals surface area contributed by atoms with Gasteiger partial charge in [-0.3, -0.25) is 0 Å². The molecule has 0 aliphatic rings. The molecule has 0 aliphatic carbocycles. The molecular formula is C7H14N2O4S. The Labute approximate surface area is 83.0 Å². The number of allylic oxidation sites excluding steroid dienone is 1. The van der Waals surface area contributed by atoms with E-state index in [9.17, 15) is 13.2 Å². The molecule has 0 bridgehead atoms. The highest BCUT2D eigenvalue weighted by Gasteiger charge is 2.21. The minimum absolute atomic E-state index is 0.260. The van der Waals surface area contributed by atoms with Gasteiger partial charge >= 0.3 is 6.09 Å². The van der Waals surface area contributed by atoms with Crippen molar-refractivity contribution in [3.63, 3.8) is 0 Å². The van der Waals surface area contributed by atoms with Gasteiger partial charge in [-0.25, -0.2) is 18.4 Å². The normalized spacial score (nSPS) is 13.2. The van der Waals surface area contributed by atoms with Crippen LogP contribution in [0.2, 0.25) is 0 Å². The van der Waals surface area contributed by atoms with Crippen molar-refractivity contribution in [2.75, 3.05) is 6.61 Å². The van der Waals surface area contributed by atoms with Gasteiger partial charge in [0, 0.05) is 0 Å². The summed E-state index contributed by atoms with van der Waals surface area (Å²) in [5.41, 5.74) is 4.70. The number of hydrogen-bond acceptors (Lipinski definition) is 4. The van der Waals surface area contributed by atoms with Crippen molar-refractivity contribution in [3.05, 3.63) is 12.7 Å². The number of rotatable bonds is 6. The highest BCUT2D eigenvalue weighted by molar-refractivity contribution is 7.89. The van der Waals surface area contributed by atoms with Gasteiger partial charge in [0.15, 0.2) is 0 Å². The van der Waals surface area contributed by atoms with Crippen molar-refractivity contribution in [2.45, 2.75) is 18.1 Å². The number of primary sulfonamides is 1. The van der Waals surface area contributed by atoms with E-state index in [4.69, 9.17) is 10.9 Å². The summed E-state index contributed by atoms with van der Waals surface area (Å²) in [4.78, 5) is 10.2. The third kappa shape index (κ3) is 5.55. The molecule has 0 heterocycles. The van der Waals surface area contributed by atoms with Crippen LogP contribution in [0.15, 0.2) is 12.7 Å². The first kappa shape index (κ1) is 12.9. The Hall–Kier alpha value is -1.08. The fraction of sp³-hybridized carbons (Fsp3) is 0.571. The maximum atomic E-state index is 11.0. The lowest BCUT2D eigenvalue weighted by Crippen LogP contribution is -2.34. The second-order valence-electron chi connectivity index (χ2n) is 2.71. The summed E-state index contributed by atoms with van der Waals surface area (Å²) in [5, 5.41) is 3.99. The molecule has 1 atom stereocenters. The fourth-order valence-electron chi connectivity index (χ4n) is 0.821. The number of ether oxygens (including phenoxy) is 1. The summed E-state index contributed by atoms with van der Waals surface area (Å²) in [6, 6.07) is 0. The van der Waals surface area contributed by atoms with Crippen LogP contribution in [0.5, 0.6) is 0 Å². The van der Waals surface area contributed by atoms with Crippen LogP contribution in [0.1, 0.15) is 12.8 Å². The van der Waals surface area contributed by atoms with Crippen molar-refractivity contribution in [3.8, 4) is 0 Å². The highest BCUT2D eigenvalue weighted by Crippen LogP contribution is 2.06. The molecule has 7 heteroatoms. The average Bonchev–Trinajstić information content (AvgIpc) is 2.01. The zero-order valence-corrected chi connectivity index (χ0v) is 8.50. The van der Waals surface area contributed by atoms with E-state index in [1.54, 1.807) is 6.08 Å². The van der Waals surface area contributed by atoms with Crippen LogP contribution in [0, 0.1) is 0 Å². The molecule has 0 aromatic rings. The predicted molar refractivity (Wildman–Crippen MR) is 51.9 cm³/mol. The van der Waals surface area contributed by atoms with Crippen LogP contribution in [0.25, 0.3) is 0 Å². The Balaban J connectivity index is 4.26. The van der Waals surface area contributed by atoms with Gasteiger partial charge in [-0.15, -0.1) is 6.58 Å². The summed E-state index contributed by atoms with van der Waals surface area (Å²) in [7, 11) is -3.71. The standard InChI is InChI=1S/C7H14N2O4S/c1-2-3-4-6(14(9,11)12)5-13-7(8)10/h2,6H,1,3-5H2,(H2,8,10)(H2,9,11,12). The Morgan fingerprint density at radius 1 is 1.57 bits per heavy atom. The summed E-state index contributed by atoms with van der Waals surface area (Å²) < 4.78 is 26.3. The summed E-state index contributed by atoms with van der Waals surface area (Å²) in [6.07, 6.45) is 1.28. The molecule has 14 heavy (non-hydrogen) atoms. The maximum Gasteiger partial charge on any atom is 0.404 e. The lowest BCUT2D eigenvalue weighted by Gasteiger charge is -2.12. The number of nitrogens with two attached hydrogens (primary N) is 2. The van der Waals surface area contributed by atoms with Crippen molar-refractivity contribution in [1.29, 1.82) is 0 Å². The topological polar surface area (TPSA) is 112 Å². The van der Waals surface area contributed by atoms with Gasteiger partial charge in [-0.2, -0.15) is 0 Å². The molecule has 0 aliphatic heterocycles. The molecular weight excluding hydrogens is 208 g/mol. The Kier molecular flexibility index (Phi) is 5.18. The number of sulfonamides is 1. The van der Waals surface area contributed by atoms with E-state index in [1.807, 2.05) is 0 Å². The Bertz CT molecular complexity index is 299. The smallest absolute Gasteiger partial charge is 0.404 e. The monoisotopic (exact) mass is 222 g/mol. The van der Waals surface area contributed by atoms with Crippen molar-refractivity contribution in [1.82, 2.24) is 0 Å². The second kappa shape index (κ2) is 5.61. The number of carbonyl (C=O) groups is 1. The van der Waals surface area contributed by atoms with Gasteiger partial charge in [0.1, 0.15) is 11.9 Å². The third-order valence-electron chi connectivity index (χ3n) is 1.57. The van der Waals surface area contributed by atoms with E-state index < -0.39 is 21.4 Å². The van der Waals surface area contributed by atoms with E-state index in [0.29, 0.717) is 6.42 Å². The molecule has 0 aromatic carbocycles. The summed E-state index contributed by atoms with van der Waals surface area (Å²) >= 11 is 0. The second-order valence-corrected chi connectivity index (χ2v) is 4.55. The van der Waals surface area contributed by atoms with E-state index in [1.165, 1.54) is 0 Å². The van der Waals surface area contributed by atoms with E-state index in [2.05, 4.69) is 11.3 Å². The van der Waals surface area contributed by atoms with Gasteiger partial charge in [-0.1, -0.05) is 6.08 Å². The van der Waals surface area contributed by atoms with E-state index >= 15 is 0 Å². The first-order valence-corrected chi connectivity index (χ1v) is 5.53. The lowest BCUT2D eigenvalue weighted by molar-refractivity contribution is 0.155. The molecule has 0 fully saturated rings. The molecule has 4 N–H and O–H groups in total. The Morgan fingerprint density at radius 2 is 2.14 bits per heavy atom. The zero-order valence-electron chi connectivity index (χ0n) is 7.68. The molecule has 6 nitrogen and oxygen atoms in total. The first-order valence-electron chi connectivity index (χ1n) is 3.92. The SMILES string of the molecule is C=CCCC(COC(N)=O)S(N)(=O)=O. The lowest BCUT2D eigenvalue weighted by atomic mass is 10.2. The predicted octanol–water partition coefficient (Wildman–Crippen LogP) is -0.295. The van der Waals surface area contributed by atoms with Crippen LogP contribution >= 0.6 is 0 Å².